The van der Waals surface area contributed by atoms with Crippen molar-refractivity contribution >= 4 is 34.2 Å². The Kier molecular flexibility index (Phi) is 4.67. The van der Waals surface area contributed by atoms with Gasteiger partial charge in [0, 0.05) is 22.2 Å². The van der Waals surface area contributed by atoms with Crippen molar-refractivity contribution in [2.75, 3.05) is 0 Å². The number of nitrogens with two attached hydrogens (primary N) is 1. The molecule has 25 heavy (non-hydrogen) atoms. The topological polar surface area (TPSA) is 85.1 Å². The van der Waals surface area contributed by atoms with Crippen LogP contribution in [0.15, 0.2) is 54.7 Å². The van der Waals surface area contributed by atoms with Gasteiger partial charge in [0.05, 0.1) is 6.04 Å². The van der Waals surface area contributed by atoms with Gasteiger partial charge in [-0.25, -0.2) is 0 Å². The van der Waals surface area contributed by atoms with Crippen LogP contribution in [0.25, 0.3) is 10.8 Å². The lowest BCUT2D eigenvalue weighted by atomic mass is 10.1. The summed E-state index contributed by atoms with van der Waals surface area (Å²) in [5.74, 6) is -0.757. The number of primary amides is 1. The summed E-state index contributed by atoms with van der Waals surface area (Å²) in [6, 6.07) is 13.7. The van der Waals surface area contributed by atoms with Crippen LogP contribution >= 0.6 is 11.6 Å². The summed E-state index contributed by atoms with van der Waals surface area (Å²) >= 11 is 5.95. The Morgan fingerprint density at radius 3 is 2.48 bits per heavy atom. The summed E-state index contributed by atoms with van der Waals surface area (Å²) in [5, 5.41) is 5.28. The molecular formula is C19H16ClN3O2. The molecule has 126 valence electrons. The van der Waals surface area contributed by atoms with Crippen LogP contribution in [0.3, 0.4) is 0 Å². The SMILES string of the molecule is CC(NC(=O)c1cc2ccc(Cl)cc2cn1)c1ccc(C(N)=O)cc1. The van der Waals surface area contributed by atoms with Crippen molar-refractivity contribution in [2.24, 2.45) is 5.73 Å². The van der Waals surface area contributed by atoms with Crippen LogP contribution in [-0.4, -0.2) is 16.8 Å². The maximum atomic E-state index is 12.4. The molecule has 3 aromatic rings. The number of amides is 2. The molecule has 5 nitrogen and oxygen atoms in total. The molecule has 0 aliphatic heterocycles. The molecule has 1 heterocycles. The van der Waals surface area contributed by atoms with E-state index in [1.165, 1.54) is 0 Å². The average Bonchev–Trinajstić information content (AvgIpc) is 2.61. The average molecular weight is 354 g/mol. The number of rotatable bonds is 4. The maximum absolute atomic E-state index is 12.4. The van der Waals surface area contributed by atoms with Crippen molar-refractivity contribution in [1.82, 2.24) is 10.3 Å². The van der Waals surface area contributed by atoms with Crippen molar-refractivity contribution in [2.45, 2.75) is 13.0 Å². The fraction of sp³-hybridized carbons (Fsp3) is 0.105. The molecule has 6 heteroatoms. The molecule has 0 fully saturated rings. The number of pyridine rings is 1. The molecule has 0 radical (unpaired) electrons. The third-order valence-corrected chi connectivity index (χ3v) is 4.19. The number of aromatic nitrogens is 1. The van der Waals surface area contributed by atoms with Gasteiger partial charge in [-0.1, -0.05) is 29.8 Å². The van der Waals surface area contributed by atoms with Crippen LogP contribution in [0.4, 0.5) is 0 Å². The Hall–Kier alpha value is -2.92. The molecule has 0 saturated carbocycles. The highest BCUT2D eigenvalue weighted by atomic mass is 35.5. The molecule has 3 N–H and O–H groups in total. The van der Waals surface area contributed by atoms with E-state index in [0.717, 1.165) is 16.3 Å². The summed E-state index contributed by atoms with van der Waals surface area (Å²) in [7, 11) is 0. The first-order valence-electron chi connectivity index (χ1n) is 7.70. The molecule has 1 atom stereocenters. The van der Waals surface area contributed by atoms with Gasteiger partial charge in [0.1, 0.15) is 5.69 Å². The van der Waals surface area contributed by atoms with Gasteiger partial charge in [-0.15, -0.1) is 0 Å². The van der Waals surface area contributed by atoms with E-state index in [0.29, 0.717) is 16.3 Å². The van der Waals surface area contributed by atoms with Crippen LogP contribution in [0.2, 0.25) is 5.02 Å². The first-order chi connectivity index (χ1) is 11.9. The first kappa shape index (κ1) is 16.9. The number of nitrogens with one attached hydrogen (secondary N) is 1. The minimum Gasteiger partial charge on any atom is -0.366 e. The lowest BCUT2D eigenvalue weighted by Crippen LogP contribution is -2.27. The minimum atomic E-state index is -0.483. The molecule has 2 aromatic carbocycles. The lowest BCUT2D eigenvalue weighted by molar-refractivity contribution is 0.0933. The summed E-state index contributed by atoms with van der Waals surface area (Å²) < 4.78 is 0. The zero-order valence-corrected chi connectivity index (χ0v) is 14.2. The number of hydrogen-bond acceptors (Lipinski definition) is 3. The first-order valence-corrected chi connectivity index (χ1v) is 8.08. The number of benzene rings is 2. The predicted molar refractivity (Wildman–Crippen MR) is 97.6 cm³/mol. The Labute approximate surface area is 149 Å². The van der Waals surface area contributed by atoms with E-state index in [-0.39, 0.29) is 11.9 Å². The lowest BCUT2D eigenvalue weighted by Gasteiger charge is -2.14. The Balaban J connectivity index is 1.76. The highest BCUT2D eigenvalue weighted by Crippen LogP contribution is 2.20. The zero-order valence-electron chi connectivity index (χ0n) is 13.5. The van der Waals surface area contributed by atoms with Crippen molar-refractivity contribution in [3.63, 3.8) is 0 Å². The number of carbonyl (C=O) groups is 2. The second kappa shape index (κ2) is 6.91. The van der Waals surface area contributed by atoms with Crippen molar-refractivity contribution in [1.29, 1.82) is 0 Å². The van der Waals surface area contributed by atoms with Gasteiger partial charge in [0.15, 0.2) is 0 Å². The summed E-state index contributed by atoms with van der Waals surface area (Å²) in [4.78, 5) is 27.7. The summed E-state index contributed by atoms with van der Waals surface area (Å²) in [6.07, 6.45) is 1.63. The smallest absolute Gasteiger partial charge is 0.270 e. The molecule has 2 amide bonds. The molecular weight excluding hydrogens is 338 g/mol. The van der Waals surface area contributed by atoms with E-state index in [9.17, 15) is 9.59 Å². The molecule has 0 aliphatic carbocycles. The van der Waals surface area contributed by atoms with Crippen molar-refractivity contribution in [3.05, 3.63) is 76.6 Å². The number of hydrogen-bond donors (Lipinski definition) is 2. The molecule has 1 aromatic heterocycles. The third kappa shape index (κ3) is 3.78. The fourth-order valence-corrected chi connectivity index (χ4v) is 2.71. The second-order valence-corrected chi connectivity index (χ2v) is 6.18. The Morgan fingerprint density at radius 1 is 1.08 bits per heavy atom. The zero-order chi connectivity index (χ0) is 18.0. The highest BCUT2D eigenvalue weighted by Gasteiger charge is 2.13. The maximum Gasteiger partial charge on any atom is 0.270 e. The largest absolute Gasteiger partial charge is 0.366 e. The van der Waals surface area contributed by atoms with E-state index in [4.69, 9.17) is 17.3 Å². The molecule has 3 rings (SSSR count). The fourth-order valence-electron chi connectivity index (χ4n) is 2.53. The minimum absolute atomic E-state index is 0.239. The summed E-state index contributed by atoms with van der Waals surface area (Å²) in [6.45, 7) is 1.86. The quantitative estimate of drug-likeness (QED) is 0.753. The second-order valence-electron chi connectivity index (χ2n) is 5.74. The van der Waals surface area contributed by atoms with Crippen LogP contribution in [-0.2, 0) is 0 Å². The Bertz CT molecular complexity index is 955. The van der Waals surface area contributed by atoms with Gasteiger partial charge in [0.25, 0.3) is 5.91 Å². The van der Waals surface area contributed by atoms with Crippen LogP contribution < -0.4 is 11.1 Å². The van der Waals surface area contributed by atoms with Crippen LogP contribution in [0, 0.1) is 0 Å². The standard InChI is InChI=1S/C19H16ClN3O2/c1-11(12-2-4-13(5-3-12)18(21)24)23-19(25)17-9-14-6-7-16(20)8-15(14)10-22-17/h2-11H,1H3,(H2,21,24)(H,23,25). The molecule has 0 bridgehead atoms. The highest BCUT2D eigenvalue weighted by molar-refractivity contribution is 6.31. The van der Waals surface area contributed by atoms with Gasteiger partial charge < -0.3 is 11.1 Å². The van der Waals surface area contributed by atoms with Gasteiger partial charge in [0.2, 0.25) is 5.91 Å². The van der Waals surface area contributed by atoms with Gasteiger partial charge in [-0.2, -0.15) is 0 Å². The summed E-state index contributed by atoms with van der Waals surface area (Å²) in [5.41, 5.74) is 6.85. The van der Waals surface area contributed by atoms with Gasteiger partial charge >= 0.3 is 0 Å². The monoisotopic (exact) mass is 353 g/mol. The van der Waals surface area contributed by atoms with Crippen LogP contribution in [0.1, 0.15) is 39.4 Å². The molecule has 1 unspecified atom stereocenters. The van der Waals surface area contributed by atoms with E-state index in [1.54, 1.807) is 48.7 Å². The molecule has 0 aliphatic rings. The van der Waals surface area contributed by atoms with E-state index in [1.807, 2.05) is 13.0 Å². The molecule has 0 saturated heterocycles. The van der Waals surface area contributed by atoms with E-state index in [2.05, 4.69) is 10.3 Å². The Morgan fingerprint density at radius 2 is 1.80 bits per heavy atom. The number of halogens is 1. The third-order valence-electron chi connectivity index (χ3n) is 3.96. The van der Waals surface area contributed by atoms with Gasteiger partial charge in [-0.3, -0.25) is 14.6 Å². The van der Waals surface area contributed by atoms with Gasteiger partial charge in [-0.05, 0) is 48.2 Å². The van der Waals surface area contributed by atoms with Crippen molar-refractivity contribution < 1.29 is 9.59 Å². The number of nitrogens with zero attached hydrogens (tertiary/aromatic N) is 1. The van der Waals surface area contributed by atoms with E-state index >= 15 is 0 Å². The number of carbonyl (C=O) groups excluding carboxylic acids is 2. The number of fused-ring (bicyclic) bond motifs is 1. The predicted octanol–water partition coefficient (Wildman–Crippen LogP) is 3.48. The van der Waals surface area contributed by atoms with Crippen molar-refractivity contribution in [3.8, 4) is 0 Å². The van der Waals surface area contributed by atoms with Crippen LogP contribution in [0.5, 0.6) is 0 Å². The molecule has 0 spiro atoms. The normalized spacial score (nSPS) is 11.9. The van der Waals surface area contributed by atoms with E-state index < -0.39 is 5.91 Å².